The molecule has 0 unspecified atom stereocenters. The summed E-state index contributed by atoms with van der Waals surface area (Å²) in [5.41, 5.74) is 14.7. The summed E-state index contributed by atoms with van der Waals surface area (Å²) < 4.78 is 2.17. The molecule has 0 bridgehead atoms. The van der Waals surface area contributed by atoms with E-state index >= 15 is 0 Å². The van der Waals surface area contributed by atoms with Crippen LogP contribution in [0.25, 0.3) is 11.1 Å². The van der Waals surface area contributed by atoms with Crippen LogP contribution in [0.3, 0.4) is 0 Å². The van der Waals surface area contributed by atoms with Gasteiger partial charge in [0.25, 0.3) is 0 Å². The Morgan fingerprint density at radius 2 is 1.29 bits per heavy atom. The first kappa shape index (κ1) is 38.4. The van der Waals surface area contributed by atoms with Crippen LogP contribution in [-0.2, 0) is 46.9 Å². The van der Waals surface area contributed by atoms with Crippen molar-refractivity contribution in [2.24, 2.45) is 0 Å². The van der Waals surface area contributed by atoms with Crippen LogP contribution in [-0.4, -0.2) is 3.71 Å². The minimum atomic E-state index is 0. The van der Waals surface area contributed by atoms with Crippen molar-refractivity contribution in [3.63, 3.8) is 0 Å². The van der Waals surface area contributed by atoms with Crippen LogP contribution in [0.15, 0.2) is 72.8 Å². The molecule has 224 valence electrons. The molecule has 0 heterocycles. The summed E-state index contributed by atoms with van der Waals surface area (Å²) in [4.78, 5) is 0. The summed E-state index contributed by atoms with van der Waals surface area (Å²) in [5.74, 6) is 0. The molecule has 0 N–H and O–H groups in total. The molecule has 0 atom stereocenters. The summed E-state index contributed by atoms with van der Waals surface area (Å²) in [5, 5.41) is 0. The van der Waals surface area contributed by atoms with Crippen LogP contribution in [0, 0.1) is 19.9 Å². The average Bonchev–Trinajstić information content (AvgIpc) is 3.42. The zero-order chi connectivity index (χ0) is 29.9. The van der Waals surface area contributed by atoms with Gasteiger partial charge in [-0.25, -0.2) is 6.07 Å². The first-order valence-corrected chi connectivity index (χ1v) is 15.9. The maximum absolute atomic E-state index is 3.53. The number of fused-ring (bicyclic) bond motifs is 3. The molecule has 0 nitrogen and oxygen atoms in total. The van der Waals surface area contributed by atoms with E-state index in [1.54, 1.807) is 0 Å². The number of hydrogen-bond acceptors (Lipinski definition) is 0. The Morgan fingerprint density at radius 3 is 1.71 bits per heavy atom. The third-order valence-corrected chi connectivity index (χ3v) is 8.36. The van der Waals surface area contributed by atoms with E-state index in [1.165, 1.54) is 79.9 Å². The predicted octanol–water partition coefficient (Wildman–Crippen LogP) is 4.36. The van der Waals surface area contributed by atoms with Crippen molar-refractivity contribution in [1.29, 1.82) is 0 Å². The van der Waals surface area contributed by atoms with Gasteiger partial charge in [0.2, 0.25) is 0 Å². The van der Waals surface area contributed by atoms with E-state index in [9.17, 15) is 0 Å². The molecule has 1 aliphatic carbocycles. The predicted molar refractivity (Wildman–Crippen MR) is 173 cm³/mol. The third-order valence-electron chi connectivity index (χ3n) is 7.54. The second kappa shape index (κ2) is 15.4. The van der Waals surface area contributed by atoms with Crippen LogP contribution in [0.2, 0.25) is 0 Å². The first-order chi connectivity index (χ1) is 18.5. The normalized spacial score (nSPS) is 11.8. The summed E-state index contributed by atoms with van der Waals surface area (Å²) in [6.45, 7) is 24.8. The Labute approximate surface area is 284 Å². The fourth-order valence-corrected chi connectivity index (χ4v) is 5.62. The van der Waals surface area contributed by atoms with Crippen molar-refractivity contribution >= 4 is 3.71 Å². The summed E-state index contributed by atoms with van der Waals surface area (Å²) >= 11 is 1.46. The number of hydrogen-bond donors (Lipinski definition) is 0. The monoisotopic (exact) mass is 676 g/mol. The molecule has 1 aliphatic rings. The van der Waals surface area contributed by atoms with Crippen LogP contribution in [0.4, 0.5) is 0 Å². The molecular weight excluding hydrogens is 631 g/mol. The number of benzene rings is 3. The van der Waals surface area contributed by atoms with E-state index < -0.39 is 0 Å². The molecule has 0 aliphatic heterocycles. The van der Waals surface area contributed by atoms with Gasteiger partial charge >= 0.3 is 63.8 Å². The molecule has 4 aromatic rings. The van der Waals surface area contributed by atoms with Crippen LogP contribution in [0.1, 0.15) is 107 Å². The van der Waals surface area contributed by atoms with E-state index in [0.717, 1.165) is 6.42 Å². The van der Waals surface area contributed by atoms with Gasteiger partial charge in [-0.05, 0) is 17.4 Å². The molecule has 0 fully saturated rings. The Balaban J connectivity index is 0.000000354. The van der Waals surface area contributed by atoms with Crippen molar-refractivity contribution in [2.45, 2.75) is 98.8 Å². The van der Waals surface area contributed by atoms with Gasteiger partial charge in [0.1, 0.15) is 0 Å². The molecule has 3 heteroatoms. The molecule has 5 rings (SSSR count). The van der Waals surface area contributed by atoms with Crippen molar-refractivity contribution < 1.29 is 49.0 Å². The number of rotatable bonds is 1. The van der Waals surface area contributed by atoms with Gasteiger partial charge in [0.15, 0.2) is 0 Å². The summed E-state index contributed by atoms with van der Waals surface area (Å²) in [6, 6.07) is 30.0. The maximum atomic E-state index is 3.53. The average molecular weight is 679 g/mol. The van der Waals surface area contributed by atoms with E-state index in [2.05, 4.69) is 153 Å². The molecule has 0 radical (unpaired) electrons. The number of aryl methyl sites for hydroxylation is 2. The van der Waals surface area contributed by atoms with Gasteiger partial charge in [-0.2, -0.15) is 52.1 Å². The Kier molecular flexibility index (Phi) is 14.0. The Morgan fingerprint density at radius 1 is 0.714 bits per heavy atom. The van der Waals surface area contributed by atoms with Crippen LogP contribution >= 0.6 is 0 Å². The van der Waals surface area contributed by atoms with Gasteiger partial charge in [-0.15, -0.1) is 5.56 Å². The Hall–Kier alpha value is -1.66. The molecular formula is C39H48Cl2Zr-2. The molecule has 4 aromatic carbocycles. The van der Waals surface area contributed by atoms with Crippen LogP contribution < -0.4 is 24.8 Å². The standard InChI is InChI=1S/C21H25.C11H17.C7H6.2ClH.Zr/c1-20(2,3)16-9-7-14-11-15-8-10-17(21(4,5)6)13-19(15)18(14)12-16;1-8-6-9(2)10(7-8)11(3,4)5;1-7-5-3-2-4-6-7;;;/h7,9-10,12-13H,11H2,1-6H3;6-7H,1-5H3;1-6H;2*1H;/q2*-1;;;;+2/p-2. The van der Waals surface area contributed by atoms with Crippen molar-refractivity contribution in [2.75, 3.05) is 0 Å². The van der Waals surface area contributed by atoms with E-state index in [0.29, 0.717) is 5.41 Å². The zero-order valence-electron chi connectivity index (χ0n) is 27.5. The molecule has 0 saturated carbocycles. The molecule has 0 spiro atoms. The first-order valence-electron chi connectivity index (χ1n) is 14.5. The summed E-state index contributed by atoms with van der Waals surface area (Å²) in [7, 11) is 0. The zero-order valence-corrected chi connectivity index (χ0v) is 31.4. The SMILES string of the molecule is CC(C)(C)c1c[c-]c2c(c1)-c1cc(C(C)(C)C)ccc1C2.Cc1cc(C(C)(C)C)c(C)[cH-]1.[Cl-].[Cl-].[Zr+2]=[CH]c1ccccc1. The molecule has 0 aromatic heterocycles. The van der Waals surface area contributed by atoms with Gasteiger partial charge in [-0.1, -0.05) is 116 Å². The van der Waals surface area contributed by atoms with Crippen LogP contribution in [0.5, 0.6) is 0 Å². The third kappa shape index (κ3) is 10.2. The molecule has 0 amide bonds. The topological polar surface area (TPSA) is 0 Å². The second-order valence-corrected chi connectivity index (χ2v) is 15.0. The summed E-state index contributed by atoms with van der Waals surface area (Å²) in [6.07, 6.45) is 1.03. The quantitative estimate of drug-likeness (QED) is 0.231. The minimum absolute atomic E-state index is 0. The van der Waals surface area contributed by atoms with Gasteiger partial charge in [0, 0.05) is 0 Å². The molecule has 0 saturated heterocycles. The second-order valence-electron chi connectivity index (χ2n) is 14.3. The Bertz CT molecular complexity index is 1380. The molecule has 42 heavy (non-hydrogen) atoms. The van der Waals surface area contributed by atoms with Gasteiger partial charge in [0.05, 0.1) is 0 Å². The van der Waals surface area contributed by atoms with Gasteiger partial charge < -0.3 is 24.8 Å². The number of halogens is 2. The fourth-order valence-electron chi connectivity index (χ4n) is 5.14. The van der Waals surface area contributed by atoms with E-state index in [4.69, 9.17) is 0 Å². The van der Waals surface area contributed by atoms with Crippen molar-refractivity contribution in [3.8, 4) is 11.1 Å². The fraction of sp³-hybridized carbons (Fsp3) is 0.385. The van der Waals surface area contributed by atoms with Gasteiger partial charge in [-0.3, -0.25) is 0 Å². The van der Waals surface area contributed by atoms with E-state index in [1.807, 2.05) is 6.07 Å². The van der Waals surface area contributed by atoms with E-state index in [-0.39, 0.29) is 35.6 Å². The van der Waals surface area contributed by atoms with Crippen molar-refractivity contribution in [3.05, 3.63) is 123 Å². The van der Waals surface area contributed by atoms with Crippen molar-refractivity contribution in [1.82, 2.24) is 0 Å².